The summed E-state index contributed by atoms with van der Waals surface area (Å²) in [4.78, 5) is 23.5. The molecule has 0 bridgehead atoms. The molecular weight excluding hydrogens is 332 g/mol. The molecule has 126 valence electrons. The van der Waals surface area contributed by atoms with Crippen LogP contribution in [-0.2, 0) is 0 Å². The average molecular weight is 350 g/mol. The van der Waals surface area contributed by atoms with E-state index in [1.54, 1.807) is 24.5 Å². The number of benzene rings is 1. The van der Waals surface area contributed by atoms with E-state index in [9.17, 15) is 4.79 Å². The Morgan fingerprint density at radius 3 is 2.64 bits per heavy atom. The van der Waals surface area contributed by atoms with Crippen LogP contribution in [-0.4, -0.2) is 40.5 Å². The lowest BCUT2D eigenvalue weighted by Gasteiger charge is -2.31. The van der Waals surface area contributed by atoms with Gasteiger partial charge in [-0.1, -0.05) is 6.07 Å². The summed E-state index contributed by atoms with van der Waals surface area (Å²) in [5.74, 6) is 1.98. The van der Waals surface area contributed by atoms with E-state index in [4.69, 9.17) is 0 Å². The van der Waals surface area contributed by atoms with Gasteiger partial charge in [0.1, 0.15) is 5.69 Å². The maximum atomic E-state index is 12.6. The van der Waals surface area contributed by atoms with Gasteiger partial charge in [0.25, 0.3) is 5.91 Å². The summed E-state index contributed by atoms with van der Waals surface area (Å²) in [5.41, 5.74) is 3.21. The predicted molar refractivity (Wildman–Crippen MR) is 103 cm³/mol. The fourth-order valence-corrected chi connectivity index (χ4v) is 3.95. The molecule has 1 aliphatic rings. The maximum Gasteiger partial charge on any atom is 0.274 e. The lowest BCUT2D eigenvalue weighted by atomic mass is 10.1. The molecule has 1 saturated heterocycles. The van der Waals surface area contributed by atoms with Gasteiger partial charge in [0.2, 0.25) is 0 Å². The Balaban J connectivity index is 1.76. The lowest BCUT2D eigenvalue weighted by molar-refractivity contribution is 0.102. The summed E-state index contributed by atoms with van der Waals surface area (Å²) in [7, 11) is 0. The predicted octanol–water partition coefficient (Wildman–Crippen LogP) is 3.44. The zero-order valence-corrected chi connectivity index (χ0v) is 14.5. The minimum atomic E-state index is -0.198. The first kappa shape index (κ1) is 15.9. The Morgan fingerprint density at radius 1 is 1.00 bits per heavy atom. The van der Waals surface area contributed by atoms with Gasteiger partial charge in [-0.25, -0.2) is 0 Å². The van der Waals surface area contributed by atoms with Crippen molar-refractivity contribution in [3.8, 4) is 0 Å². The van der Waals surface area contributed by atoms with Gasteiger partial charge < -0.3 is 10.2 Å². The normalized spacial score (nSPS) is 14.5. The van der Waals surface area contributed by atoms with Crippen LogP contribution in [0.5, 0.6) is 0 Å². The van der Waals surface area contributed by atoms with Crippen molar-refractivity contribution >= 4 is 39.9 Å². The number of nitrogens with one attached hydrogen (secondary N) is 1. The highest BCUT2D eigenvalue weighted by Crippen LogP contribution is 2.35. The van der Waals surface area contributed by atoms with E-state index in [0.29, 0.717) is 5.69 Å². The van der Waals surface area contributed by atoms with Crippen LogP contribution in [0.3, 0.4) is 0 Å². The summed E-state index contributed by atoms with van der Waals surface area (Å²) in [5, 5.41) is 4.10. The van der Waals surface area contributed by atoms with Crippen molar-refractivity contribution in [1.82, 2.24) is 9.97 Å². The molecule has 1 aliphatic heterocycles. The summed E-state index contributed by atoms with van der Waals surface area (Å²) < 4.78 is 0. The maximum absolute atomic E-state index is 12.6. The molecule has 0 aliphatic carbocycles. The first-order valence-corrected chi connectivity index (χ1v) is 9.41. The van der Waals surface area contributed by atoms with Gasteiger partial charge in [0.05, 0.1) is 16.9 Å². The lowest BCUT2D eigenvalue weighted by Crippen LogP contribution is -2.33. The summed E-state index contributed by atoms with van der Waals surface area (Å²) in [6.45, 7) is 1.93. The number of nitrogens with zero attached hydrogens (tertiary/aromatic N) is 3. The smallest absolute Gasteiger partial charge is 0.274 e. The molecule has 3 heterocycles. The number of hydrogen-bond donors (Lipinski definition) is 1. The van der Waals surface area contributed by atoms with E-state index in [-0.39, 0.29) is 5.91 Å². The number of hydrogen-bond acceptors (Lipinski definition) is 5. The second-order valence-corrected chi connectivity index (χ2v) is 7.03. The van der Waals surface area contributed by atoms with Crippen molar-refractivity contribution in [3.05, 3.63) is 60.6 Å². The van der Waals surface area contributed by atoms with Crippen molar-refractivity contribution in [3.63, 3.8) is 0 Å². The number of anilines is 2. The molecule has 4 rings (SSSR count). The van der Waals surface area contributed by atoms with Gasteiger partial charge in [-0.3, -0.25) is 14.8 Å². The number of aromatic nitrogens is 2. The molecule has 1 amide bonds. The van der Waals surface area contributed by atoms with Crippen molar-refractivity contribution in [2.24, 2.45) is 0 Å². The van der Waals surface area contributed by atoms with Crippen LogP contribution in [0.15, 0.2) is 54.9 Å². The molecule has 6 heteroatoms. The van der Waals surface area contributed by atoms with Crippen LogP contribution in [0.2, 0.25) is 0 Å². The number of thioether (sulfide) groups is 1. The fraction of sp³-hybridized carbons (Fsp3) is 0.211. The van der Waals surface area contributed by atoms with Crippen molar-refractivity contribution < 1.29 is 4.79 Å². The average Bonchev–Trinajstić information content (AvgIpc) is 2.69. The van der Waals surface area contributed by atoms with Crippen molar-refractivity contribution in [1.29, 1.82) is 0 Å². The standard InChI is InChI=1S/C19H18N4OS/c24-19(17-5-1-2-8-21-17)22-16-7-6-15-14(4-3-9-20-15)18(16)23-10-12-25-13-11-23/h1-9H,10-13H2,(H,22,24). The quantitative estimate of drug-likeness (QED) is 0.784. The zero-order valence-electron chi connectivity index (χ0n) is 13.7. The van der Waals surface area contributed by atoms with Crippen LogP contribution in [0, 0.1) is 0 Å². The Morgan fingerprint density at radius 2 is 1.84 bits per heavy atom. The van der Waals surface area contributed by atoms with Crippen LogP contribution < -0.4 is 10.2 Å². The molecule has 25 heavy (non-hydrogen) atoms. The molecule has 0 atom stereocenters. The summed E-state index contributed by atoms with van der Waals surface area (Å²) in [6, 6.07) is 13.2. The van der Waals surface area contributed by atoms with Gasteiger partial charge in [0.15, 0.2) is 0 Å². The second kappa shape index (κ2) is 7.11. The van der Waals surface area contributed by atoms with Gasteiger partial charge in [-0.2, -0.15) is 11.8 Å². The van der Waals surface area contributed by atoms with Crippen LogP contribution >= 0.6 is 11.8 Å². The SMILES string of the molecule is O=C(Nc1ccc2ncccc2c1N1CCSCC1)c1ccccn1. The van der Waals surface area contributed by atoms with Gasteiger partial charge >= 0.3 is 0 Å². The van der Waals surface area contributed by atoms with Crippen LogP contribution in [0.1, 0.15) is 10.5 Å². The van der Waals surface area contributed by atoms with Crippen molar-refractivity contribution in [2.45, 2.75) is 0 Å². The summed E-state index contributed by atoms with van der Waals surface area (Å²) >= 11 is 1.96. The Hall–Kier alpha value is -2.60. The van der Waals surface area contributed by atoms with E-state index in [1.807, 2.05) is 36.0 Å². The van der Waals surface area contributed by atoms with E-state index >= 15 is 0 Å². The Kier molecular flexibility index (Phi) is 4.52. The largest absolute Gasteiger partial charge is 0.368 e. The number of rotatable bonds is 3. The number of pyridine rings is 2. The third-order valence-corrected chi connectivity index (χ3v) is 5.17. The molecule has 2 aromatic heterocycles. The second-order valence-electron chi connectivity index (χ2n) is 5.80. The van der Waals surface area contributed by atoms with Crippen molar-refractivity contribution in [2.75, 3.05) is 34.8 Å². The minimum absolute atomic E-state index is 0.198. The molecule has 0 spiro atoms. The van der Waals surface area contributed by atoms with E-state index in [1.165, 1.54) is 0 Å². The number of carbonyl (C=O) groups is 1. The van der Waals surface area contributed by atoms with E-state index in [2.05, 4.69) is 26.3 Å². The van der Waals surface area contributed by atoms with Crippen LogP contribution in [0.4, 0.5) is 11.4 Å². The molecular formula is C19H18N4OS. The number of carbonyl (C=O) groups excluding carboxylic acids is 1. The number of fused-ring (bicyclic) bond motifs is 1. The highest BCUT2D eigenvalue weighted by molar-refractivity contribution is 7.99. The minimum Gasteiger partial charge on any atom is -0.368 e. The molecule has 1 aromatic carbocycles. The molecule has 0 saturated carbocycles. The van der Waals surface area contributed by atoms with Crippen LogP contribution in [0.25, 0.3) is 10.9 Å². The first-order chi connectivity index (χ1) is 12.3. The Bertz CT molecular complexity index is 894. The molecule has 1 N–H and O–H groups in total. The van der Waals surface area contributed by atoms with E-state index in [0.717, 1.165) is 46.9 Å². The molecule has 3 aromatic rings. The molecule has 1 fully saturated rings. The number of amides is 1. The highest BCUT2D eigenvalue weighted by Gasteiger charge is 2.19. The van der Waals surface area contributed by atoms with Gasteiger partial charge in [-0.05, 0) is 36.4 Å². The summed E-state index contributed by atoms with van der Waals surface area (Å²) in [6.07, 6.45) is 3.42. The topological polar surface area (TPSA) is 58.1 Å². The Labute approximate surface area is 150 Å². The molecule has 0 unspecified atom stereocenters. The fourth-order valence-electron chi connectivity index (χ4n) is 3.05. The van der Waals surface area contributed by atoms with Gasteiger partial charge in [0, 0.05) is 42.4 Å². The monoisotopic (exact) mass is 350 g/mol. The highest BCUT2D eigenvalue weighted by atomic mass is 32.2. The zero-order chi connectivity index (χ0) is 17.1. The molecule has 5 nitrogen and oxygen atoms in total. The molecule has 0 radical (unpaired) electrons. The van der Waals surface area contributed by atoms with Gasteiger partial charge in [-0.15, -0.1) is 0 Å². The third-order valence-electron chi connectivity index (χ3n) is 4.23. The third kappa shape index (κ3) is 3.30. The first-order valence-electron chi connectivity index (χ1n) is 8.26. The van der Waals surface area contributed by atoms with E-state index < -0.39 is 0 Å².